The van der Waals surface area contributed by atoms with E-state index in [1.165, 1.54) is 25.7 Å². The molecule has 0 aromatic heterocycles. The molecule has 212 valence electrons. The second-order valence-electron chi connectivity index (χ2n) is 9.15. The zero-order chi connectivity index (χ0) is 27.6. The van der Waals surface area contributed by atoms with Crippen LogP contribution >= 0.6 is 0 Å². The lowest BCUT2D eigenvalue weighted by atomic mass is 10.1. The van der Waals surface area contributed by atoms with Gasteiger partial charge in [0.1, 0.15) is 5.78 Å². The van der Waals surface area contributed by atoms with E-state index in [0.29, 0.717) is 55.2 Å². The summed E-state index contributed by atoms with van der Waals surface area (Å²) in [7, 11) is 0. The van der Waals surface area contributed by atoms with E-state index in [1.807, 2.05) is 0 Å². The van der Waals surface area contributed by atoms with Crippen LogP contribution in [-0.2, 0) is 19.2 Å². The lowest BCUT2D eigenvalue weighted by Crippen LogP contribution is -2.31. The molecule has 9 nitrogen and oxygen atoms in total. The summed E-state index contributed by atoms with van der Waals surface area (Å²) in [5.74, 6) is -1.16. The number of hydrogen-bond acceptors (Lipinski definition) is 6. The van der Waals surface area contributed by atoms with Gasteiger partial charge in [0.25, 0.3) is 0 Å². The first-order valence-corrected chi connectivity index (χ1v) is 14.0. The molecule has 0 aromatic carbocycles. The molecular formula is C27H53N3O6. The smallest absolute Gasteiger partial charge is 0.246 e. The molecule has 0 unspecified atom stereocenters. The van der Waals surface area contributed by atoms with Gasteiger partial charge in [0, 0.05) is 51.7 Å². The van der Waals surface area contributed by atoms with E-state index in [9.17, 15) is 29.6 Å². The molecular weight excluding hydrogens is 462 g/mol. The number of nitrogens with zero attached hydrogens (tertiary/aromatic N) is 2. The summed E-state index contributed by atoms with van der Waals surface area (Å²) >= 11 is 0. The molecule has 1 aliphatic heterocycles. The van der Waals surface area contributed by atoms with Crippen molar-refractivity contribution in [1.82, 2.24) is 15.4 Å². The second kappa shape index (κ2) is 26.1. The Hall–Kier alpha value is -2.00. The van der Waals surface area contributed by atoms with Gasteiger partial charge in [0.2, 0.25) is 17.7 Å². The molecule has 0 spiro atoms. The van der Waals surface area contributed by atoms with Crippen LogP contribution < -0.4 is 5.32 Å². The van der Waals surface area contributed by atoms with E-state index < -0.39 is 11.8 Å². The quantitative estimate of drug-likeness (QED) is 0.422. The lowest BCUT2D eigenvalue weighted by molar-refractivity contribution is -0.166. The summed E-state index contributed by atoms with van der Waals surface area (Å²) in [5.41, 5.74) is 0. The van der Waals surface area contributed by atoms with Gasteiger partial charge >= 0.3 is 0 Å². The Balaban J connectivity index is 0. The fourth-order valence-corrected chi connectivity index (χ4v) is 2.92. The topological polar surface area (TPSA) is 127 Å². The summed E-state index contributed by atoms with van der Waals surface area (Å²) < 4.78 is 0. The third kappa shape index (κ3) is 23.7. The fraction of sp³-hybridized carbons (Fsp3) is 0.852. The molecule has 1 fully saturated rings. The second-order valence-corrected chi connectivity index (χ2v) is 9.15. The average molecular weight is 516 g/mol. The predicted molar refractivity (Wildman–Crippen MR) is 142 cm³/mol. The molecule has 0 bridgehead atoms. The molecule has 0 aliphatic carbocycles. The van der Waals surface area contributed by atoms with Gasteiger partial charge < -0.3 is 5.32 Å². The monoisotopic (exact) mass is 515 g/mol. The van der Waals surface area contributed by atoms with Crippen LogP contribution in [-0.4, -0.2) is 63.7 Å². The molecule has 1 rings (SSSR count). The van der Waals surface area contributed by atoms with Gasteiger partial charge in [-0.05, 0) is 32.1 Å². The van der Waals surface area contributed by atoms with Crippen molar-refractivity contribution in [1.29, 1.82) is 0 Å². The zero-order valence-corrected chi connectivity index (χ0v) is 23.4. The van der Waals surface area contributed by atoms with Gasteiger partial charge in [-0.1, -0.05) is 66.2 Å². The van der Waals surface area contributed by atoms with Crippen molar-refractivity contribution in [3.05, 3.63) is 0 Å². The van der Waals surface area contributed by atoms with Crippen LogP contribution in [0, 0.1) is 0 Å². The molecule has 0 atom stereocenters. The van der Waals surface area contributed by atoms with Gasteiger partial charge in [-0.2, -0.15) is 0 Å². The molecule has 0 aromatic rings. The Morgan fingerprint density at radius 2 is 1.03 bits per heavy atom. The fourth-order valence-electron chi connectivity index (χ4n) is 2.92. The van der Waals surface area contributed by atoms with Crippen LogP contribution in [0.15, 0.2) is 0 Å². The normalized spacial score (nSPS) is 18.5. The predicted octanol–water partition coefficient (Wildman–Crippen LogP) is 5.41. The highest BCUT2D eigenvalue weighted by molar-refractivity contribution is 5.84. The highest BCUT2D eigenvalue weighted by Crippen LogP contribution is 2.09. The molecule has 3 N–H and O–H groups in total. The first-order chi connectivity index (χ1) is 17.2. The Labute approximate surface area is 218 Å². The van der Waals surface area contributed by atoms with Crippen LogP contribution in [0.5, 0.6) is 0 Å². The molecule has 1 saturated heterocycles. The molecule has 1 heterocycles. The average Bonchev–Trinajstić information content (AvgIpc) is 2.89. The van der Waals surface area contributed by atoms with Crippen molar-refractivity contribution in [2.75, 3.05) is 19.6 Å². The van der Waals surface area contributed by atoms with Crippen molar-refractivity contribution >= 4 is 23.5 Å². The molecule has 1 aliphatic rings. The summed E-state index contributed by atoms with van der Waals surface area (Å²) in [6.45, 7) is 9.57. The molecule has 36 heavy (non-hydrogen) atoms. The lowest BCUT2D eigenvalue weighted by Gasteiger charge is -2.15. The standard InChI is InChI=1S/C19H33N3O6.2C4H10/c23-16-8-4-1-2-6-14-22(28)19(26)12-10-17(24)20-13-5-3-7-15-21(27)18(25)11-9-16;2*1-3-4-2/h27-28H,1-15H2,(H,20,24);2*3-4H2,1-2H3. The van der Waals surface area contributed by atoms with Crippen LogP contribution in [0.1, 0.15) is 130 Å². The highest BCUT2D eigenvalue weighted by Gasteiger charge is 2.14. The number of rotatable bonds is 2. The number of amides is 3. The third-order valence-corrected chi connectivity index (χ3v) is 5.70. The van der Waals surface area contributed by atoms with Crippen LogP contribution in [0.25, 0.3) is 0 Å². The van der Waals surface area contributed by atoms with Gasteiger partial charge in [-0.25, -0.2) is 10.1 Å². The number of carbonyl (C=O) groups excluding carboxylic acids is 4. The molecule has 3 amide bonds. The number of carbonyl (C=O) groups is 4. The maximum absolute atomic E-state index is 11.8. The Bertz CT molecular complexity index is 532. The van der Waals surface area contributed by atoms with E-state index in [4.69, 9.17) is 0 Å². The van der Waals surface area contributed by atoms with Gasteiger partial charge in [-0.15, -0.1) is 0 Å². The number of Topliss-reactive ketones (excluding diaryl/α,β-unsaturated/α-hetero) is 1. The summed E-state index contributed by atoms with van der Waals surface area (Å²) in [4.78, 5) is 47.2. The van der Waals surface area contributed by atoms with E-state index in [0.717, 1.165) is 12.8 Å². The summed E-state index contributed by atoms with van der Waals surface area (Å²) in [6.07, 6.45) is 10.6. The Morgan fingerprint density at radius 3 is 1.53 bits per heavy atom. The minimum Gasteiger partial charge on any atom is -0.356 e. The van der Waals surface area contributed by atoms with Crippen molar-refractivity contribution in [3.8, 4) is 0 Å². The van der Waals surface area contributed by atoms with Crippen LogP contribution in [0.4, 0.5) is 0 Å². The minimum atomic E-state index is -0.472. The number of ketones is 1. The minimum absolute atomic E-state index is 0.00130. The first-order valence-electron chi connectivity index (χ1n) is 14.0. The zero-order valence-electron chi connectivity index (χ0n) is 23.4. The van der Waals surface area contributed by atoms with Gasteiger partial charge in [-0.3, -0.25) is 29.6 Å². The number of unbranched alkanes of at least 4 members (excludes halogenated alkanes) is 2. The van der Waals surface area contributed by atoms with Crippen molar-refractivity contribution in [3.63, 3.8) is 0 Å². The Kier molecular flexibility index (Phi) is 26.2. The SMILES string of the molecule is CCCC.CCCC.O=C1CCCCCCN(O)C(=O)CCC(=O)NCCCCCN(O)C(=O)CC1. The van der Waals surface area contributed by atoms with Gasteiger partial charge in [0.15, 0.2) is 0 Å². The highest BCUT2D eigenvalue weighted by atomic mass is 16.5. The summed E-state index contributed by atoms with van der Waals surface area (Å²) in [5, 5.41) is 23.5. The maximum atomic E-state index is 11.8. The third-order valence-electron chi connectivity index (χ3n) is 5.70. The van der Waals surface area contributed by atoms with Crippen molar-refractivity contribution < 1.29 is 29.6 Å². The van der Waals surface area contributed by atoms with E-state index in [-0.39, 0.29) is 50.5 Å². The van der Waals surface area contributed by atoms with E-state index >= 15 is 0 Å². The van der Waals surface area contributed by atoms with Gasteiger partial charge in [0.05, 0.1) is 0 Å². The first kappa shape index (κ1) is 36.2. The number of hydroxylamine groups is 4. The summed E-state index contributed by atoms with van der Waals surface area (Å²) in [6, 6.07) is 0. The van der Waals surface area contributed by atoms with Crippen molar-refractivity contribution in [2.45, 2.75) is 130 Å². The number of hydrogen-bond donors (Lipinski definition) is 3. The largest absolute Gasteiger partial charge is 0.356 e. The molecule has 9 heteroatoms. The molecule has 0 saturated carbocycles. The van der Waals surface area contributed by atoms with Crippen LogP contribution in [0.3, 0.4) is 0 Å². The van der Waals surface area contributed by atoms with Crippen molar-refractivity contribution in [2.24, 2.45) is 0 Å². The van der Waals surface area contributed by atoms with E-state index in [1.54, 1.807) is 0 Å². The maximum Gasteiger partial charge on any atom is 0.246 e. The molecule has 0 radical (unpaired) electrons. The van der Waals surface area contributed by atoms with Crippen LogP contribution in [0.2, 0.25) is 0 Å². The van der Waals surface area contributed by atoms with E-state index in [2.05, 4.69) is 33.0 Å². The Morgan fingerprint density at radius 1 is 0.583 bits per heavy atom. The number of nitrogens with one attached hydrogen (secondary N) is 1.